The Bertz CT molecular complexity index is 90.2. The molecule has 3 heteroatoms. The van der Waals surface area contributed by atoms with Crippen LogP contribution in [0, 0.1) is 0 Å². The van der Waals surface area contributed by atoms with Crippen LogP contribution in [0.25, 0.3) is 0 Å². The zero-order chi connectivity index (χ0) is 8.69. The summed E-state index contributed by atoms with van der Waals surface area (Å²) >= 11 is -0.622. The molecule has 0 radical (unpaired) electrons. The molecule has 11 heavy (non-hydrogen) atoms. The van der Waals surface area contributed by atoms with Gasteiger partial charge in [0.15, 0.2) is 0 Å². The lowest BCUT2D eigenvalue weighted by atomic mass is 10.2. The quantitative estimate of drug-likeness (QED) is 0.621. The van der Waals surface area contributed by atoms with E-state index < -0.39 is 11.2 Å². The van der Waals surface area contributed by atoms with Crippen LogP contribution >= 0.6 is 0 Å². The van der Waals surface area contributed by atoms with Crippen molar-refractivity contribution in [2.24, 2.45) is 5.73 Å². The van der Waals surface area contributed by atoms with E-state index in [2.05, 4.69) is 13.8 Å². The van der Waals surface area contributed by atoms with E-state index >= 15 is 0 Å². The van der Waals surface area contributed by atoms with Crippen LogP contribution in [0.4, 0.5) is 0 Å². The van der Waals surface area contributed by atoms with Crippen molar-refractivity contribution in [3.8, 4) is 0 Å². The number of nitrogens with two attached hydrogens (primary N) is 1. The van der Waals surface area contributed by atoms with Gasteiger partial charge in [-0.05, 0) is 12.8 Å². The van der Waals surface area contributed by atoms with Crippen molar-refractivity contribution in [1.82, 2.24) is 0 Å². The Labute approximate surface area is 72.7 Å². The van der Waals surface area contributed by atoms with Gasteiger partial charge in [-0.15, -0.1) is 0 Å². The largest absolute Gasteiger partial charge is 0.616 e. The fraction of sp³-hybridized carbons (Fsp3) is 1.00. The van der Waals surface area contributed by atoms with Gasteiger partial charge in [0.2, 0.25) is 0 Å². The summed E-state index contributed by atoms with van der Waals surface area (Å²) < 4.78 is 11.1. The van der Waals surface area contributed by atoms with Gasteiger partial charge in [-0.1, -0.05) is 25.0 Å². The van der Waals surface area contributed by atoms with Crippen molar-refractivity contribution in [2.45, 2.75) is 39.2 Å². The van der Waals surface area contributed by atoms with E-state index in [1.54, 1.807) is 0 Å². The predicted molar refractivity (Wildman–Crippen MR) is 51.1 cm³/mol. The van der Waals surface area contributed by atoms with Crippen LogP contribution in [-0.2, 0) is 11.2 Å². The third-order valence-electron chi connectivity index (χ3n) is 1.67. The Morgan fingerprint density at radius 2 is 2.00 bits per heavy atom. The average molecular weight is 177 g/mol. The summed E-state index contributed by atoms with van der Waals surface area (Å²) in [4.78, 5) is 0. The van der Waals surface area contributed by atoms with Gasteiger partial charge >= 0.3 is 0 Å². The third kappa shape index (κ3) is 6.66. The maximum Gasteiger partial charge on any atom is 0.107 e. The molecule has 2 nitrogen and oxygen atoms in total. The van der Waals surface area contributed by atoms with Crippen LogP contribution in [0.1, 0.15) is 33.1 Å². The van der Waals surface area contributed by atoms with Gasteiger partial charge in [-0.25, -0.2) is 0 Å². The Morgan fingerprint density at radius 1 is 1.36 bits per heavy atom. The van der Waals surface area contributed by atoms with Crippen molar-refractivity contribution >= 4 is 11.2 Å². The zero-order valence-electron chi connectivity index (χ0n) is 7.51. The van der Waals surface area contributed by atoms with E-state index in [1.165, 1.54) is 0 Å². The molecule has 0 fully saturated rings. The van der Waals surface area contributed by atoms with Crippen LogP contribution in [-0.4, -0.2) is 22.1 Å². The molecule has 0 aromatic rings. The molecule has 0 saturated carbocycles. The summed E-state index contributed by atoms with van der Waals surface area (Å²) in [7, 11) is 0. The van der Waals surface area contributed by atoms with Crippen molar-refractivity contribution in [3.05, 3.63) is 0 Å². The molecular weight excluding hydrogens is 158 g/mol. The lowest BCUT2D eigenvalue weighted by molar-refractivity contribution is 0.575. The summed E-state index contributed by atoms with van der Waals surface area (Å²) in [5, 5.41) is 0. The van der Waals surface area contributed by atoms with Gasteiger partial charge < -0.3 is 10.3 Å². The molecule has 0 aromatic carbocycles. The van der Waals surface area contributed by atoms with E-state index in [1.807, 2.05) is 0 Å². The maximum atomic E-state index is 11.1. The molecule has 68 valence electrons. The second kappa shape index (κ2) is 6.95. The zero-order valence-corrected chi connectivity index (χ0v) is 8.32. The fourth-order valence-corrected chi connectivity index (χ4v) is 2.04. The standard InChI is InChI=1S/C8H19NOS/c1-3-6-11(10)7-5-8(9)4-2/h8H,3-7,9H2,1-2H3. The molecule has 0 amide bonds. The molecule has 2 N–H and O–H groups in total. The summed E-state index contributed by atoms with van der Waals surface area (Å²) in [5.41, 5.74) is 5.68. The summed E-state index contributed by atoms with van der Waals surface area (Å²) in [6, 6.07) is 0.246. The van der Waals surface area contributed by atoms with Crippen molar-refractivity contribution in [3.63, 3.8) is 0 Å². The lowest BCUT2D eigenvalue weighted by Crippen LogP contribution is -2.23. The first-order valence-electron chi connectivity index (χ1n) is 4.31. The molecule has 0 bridgehead atoms. The number of hydrogen-bond donors (Lipinski definition) is 1. The predicted octanol–water partition coefficient (Wildman–Crippen LogP) is 1.27. The van der Waals surface area contributed by atoms with E-state index in [4.69, 9.17) is 5.73 Å². The highest BCUT2D eigenvalue weighted by atomic mass is 32.2. The molecule has 0 aliphatic carbocycles. The highest BCUT2D eigenvalue weighted by Crippen LogP contribution is 2.00. The van der Waals surface area contributed by atoms with Crippen molar-refractivity contribution in [2.75, 3.05) is 11.5 Å². The Balaban J connectivity index is 3.22. The van der Waals surface area contributed by atoms with Gasteiger partial charge in [0.25, 0.3) is 0 Å². The first-order chi connectivity index (χ1) is 5.20. The summed E-state index contributed by atoms with van der Waals surface area (Å²) in [6.45, 7) is 4.12. The van der Waals surface area contributed by atoms with Crippen LogP contribution in [0.2, 0.25) is 0 Å². The molecule has 0 spiro atoms. The van der Waals surface area contributed by atoms with E-state index in [0.29, 0.717) is 0 Å². The second-order valence-electron chi connectivity index (χ2n) is 2.81. The van der Waals surface area contributed by atoms with Crippen LogP contribution in [0.15, 0.2) is 0 Å². The minimum absolute atomic E-state index is 0.246. The molecule has 0 heterocycles. The molecule has 2 unspecified atom stereocenters. The molecule has 2 atom stereocenters. The van der Waals surface area contributed by atoms with Gasteiger partial charge in [-0.2, -0.15) is 0 Å². The molecule has 0 aliphatic heterocycles. The minimum atomic E-state index is -0.622. The van der Waals surface area contributed by atoms with Gasteiger partial charge in [-0.3, -0.25) is 0 Å². The van der Waals surface area contributed by atoms with E-state index in [0.717, 1.165) is 30.8 Å². The SMILES string of the molecule is CCC[S+]([O-])CCC(N)CC. The summed E-state index contributed by atoms with van der Waals surface area (Å²) in [6.07, 6.45) is 2.90. The van der Waals surface area contributed by atoms with E-state index in [9.17, 15) is 4.55 Å². The van der Waals surface area contributed by atoms with Gasteiger partial charge in [0.1, 0.15) is 11.5 Å². The average Bonchev–Trinajstić information content (AvgIpc) is 2.01. The van der Waals surface area contributed by atoms with Crippen molar-refractivity contribution < 1.29 is 4.55 Å². The Hall–Kier alpha value is 0.270. The lowest BCUT2D eigenvalue weighted by Gasteiger charge is -2.12. The molecule has 0 aromatic heterocycles. The molecule has 0 saturated heterocycles. The smallest absolute Gasteiger partial charge is 0.107 e. The minimum Gasteiger partial charge on any atom is -0.616 e. The van der Waals surface area contributed by atoms with E-state index in [-0.39, 0.29) is 6.04 Å². The van der Waals surface area contributed by atoms with Gasteiger partial charge in [0, 0.05) is 12.5 Å². The van der Waals surface area contributed by atoms with Crippen LogP contribution in [0.5, 0.6) is 0 Å². The highest BCUT2D eigenvalue weighted by molar-refractivity contribution is 7.91. The Morgan fingerprint density at radius 3 is 2.45 bits per heavy atom. The summed E-state index contributed by atoms with van der Waals surface area (Å²) in [5.74, 6) is 1.61. The normalized spacial score (nSPS) is 16.4. The fourth-order valence-electron chi connectivity index (χ4n) is 0.817. The first-order valence-corrected chi connectivity index (χ1v) is 5.80. The van der Waals surface area contributed by atoms with Crippen LogP contribution in [0.3, 0.4) is 0 Å². The second-order valence-corrected chi connectivity index (χ2v) is 4.50. The Kier molecular flexibility index (Phi) is 7.12. The number of rotatable bonds is 6. The monoisotopic (exact) mass is 177 g/mol. The maximum absolute atomic E-state index is 11.1. The topological polar surface area (TPSA) is 49.1 Å². The molecular formula is C8H19NOS. The first kappa shape index (κ1) is 11.3. The van der Waals surface area contributed by atoms with Crippen LogP contribution < -0.4 is 5.73 Å². The molecule has 0 aliphatic rings. The van der Waals surface area contributed by atoms with Gasteiger partial charge in [0.05, 0.1) is 0 Å². The number of hydrogen-bond acceptors (Lipinski definition) is 2. The highest BCUT2D eigenvalue weighted by Gasteiger charge is 2.06. The molecule has 0 rings (SSSR count). The third-order valence-corrected chi connectivity index (χ3v) is 3.23. The van der Waals surface area contributed by atoms with Crippen molar-refractivity contribution in [1.29, 1.82) is 0 Å².